The van der Waals surface area contributed by atoms with E-state index < -0.39 is 4.92 Å². The Balaban J connectivity index is 2.22. The van der Waals surface area contributed by atoms with Crippen LogP contribution in [0.25, 0.3) is 0 Å². The number of benzene rings is 1. The number of hydrogen-bond donors (Lipinski definition) is 0. The number of non-ortho nitro benzene ring substituents is 1. The van der Waals surface area contributed by atoms with E-state index in [4.69, 9.17) is 4.74 Å². The summed E-state index contributed by atoms with van der Waals surface area (Å²) in [5, 5.41) is 10.6. The minimum atomic E-state index is -0.414. The van der Waals surface area contributed by atoms with Crippen molar-refractivity contribution in [1.29, 1.82) is 0 Å². The molecule has 0 radical (unpaired) electrons. The lowest BCUT2D eigenvalue weighted by molar-refractivity contribution is -0.384. The molecule has 2 rings (SSSR count). The summed E-state index contributed by atoms with van der Waals surface area (Å²) in [5.74, 6) is -0.190. The Kier molecular flexibility index (Phi) is 4.14. The molecule has 2 unspecified atom stereocenters. The Morgan fingerprint density at radius 1 is 1.26 bits per heavy atom. The lowest BCUT2D eigenvalue weighted by atomic mass is 9.75. The molecule has 0 bridgehead atoms. The third-order valence-corrected chi connectivity index (χ3v) is 3.80. The minimum Gasteiger partial charge on any atom is -0.469 e. The third kappa shape index (κ3) is 2.92. The molecule has 0 aromatic heterocycles. The van der Waals surface area contributed by atoms with E-state index in [9.17, 15) is 14.9 Å². The fourth-order valence-electron chi connectivity index (χ4n) is 2.81. The zero-order valence-electron chi connectivity index (χ0n) is 10.9. The van der Waals surface area contributed by atoms with Gasteiger partial charge in [-0.25, -0.2) is 0 Å². The van der Waals surface area contributed by atoms with Gasteiger partial charge in [-0.1, -0.05) is 25.0 Å². The van der Waals surface area contributed by atoms with E-state index in [-0.39, 0.29) is 23.5 Å². The SMILES string of the molecule is COC(=O)C1CCCCC1c1ccc([N+](=O)[O-])cc1. The fourth-order valence-corrected chi connectivity index (χ4v) is 2.81. The number of ether oxygens (including phenoxy) is 1. The topological polar surface area (TPSA) is 69.4 Å². The molecule has 1 aromatic carbocycles. The molecule has 2 atom stereocenters. The van der Waals surface area contributed by atoms with Crippen LogP contribution in [-0.2, 0) is 9.53 Å². The van der Waals surface area contributed by atoms with Crippen LogP contribution in [0.1, 0.15) is 37.2 Å². The van der Waals surface area contributed by atoms with Crippen LogP contribution in [0.15, 0.2) is 24.3 Å². The van der Waals surface area contributed by atoms with Crippen molar-refractivity contribution in [2.75, 3.05) is 7.11 Å². The largest absolute Gasteiger partial charge is 0.469 e. The number of esters is 1. The van der Waals surface area contributed by atoms with Crippen LogP contribution in [-0.4, -0.2) is 18.0 Å². The Morgan fingerprint density at radius 2 is 1.89 bits per heavy atom. The predicted molar refractivity (Wildman–Crippen MR) is 69.8 cm³/mol. The summed E-state index contributed by atoms with van der Waals surface area (Å²) in [6.45, 7) is 0. The number of nitro groups is 1. The molecule has 19 heavy (non-hydrogen) atoms. The molecule has 1 saturated carbocycles. The Hall–Kier alpha value is -1.91. The Bertz CT molecular complexity index is 469. The van der Waals surface area contributed by atoms with Crippen LogP contribution in [0.2, 0.25) is 0 Å². The van der Waals surface area contributed by atoms with Gasteiger partial charge in [0.1, 0.15) is 0 Å². The number of carbonyl (C=O) groups excluding carboxylic acids is 1. The van der Waals surface area contributed by atoms with Gasteiger partial charge in [0.25, 0.3) is 5.69 Å². The van der Waals surface area contributed by atoms with Gasteiger partial charge in [-0.3, -0.25) is 14.9 Å². The van der Waals surface area contributed by atoms with Crippen molar-refractivity contribution in [1.82, 2.24) is 0 Å². The van der Waals surface area contributed by atoms with Gasteiger partial charge < -0.3 is 4.74 Å². The van der Waals surface area contributed by atoms with E-state index in [0.717, 1.165) is 31.2 Å². The summed E-state index contributed by atoms with van der Waals surface area (Å²) in [6.07, 6.45) is 3.87. The van der Waals surface area contributed by atoms with E-state index in [1.165, 1.54) is 19.2 Å². The molecule has 0 spiro atoms. The van der Waals surface area contributed by atoms with Crippen molar-refractivity contribution < 1.29 is 14.5 Å². The van der Waals surface area contributed by atoms with Gasteiger partial charge in [-0.2, -0.15) is 0 Å². The number of methoxy groups -OCH3 is 1. The number of hydrogen-bond acceptors (Lipinski definition) is 4. The molecular formula is C14H17NO4. The second-order valence-electron chi connectivity index (χ2n) is 4.87. The van der Waals surface area contributed by atoms with Crippen LogP contribution in [0.3, 0.4) is 0 Å². The molecule has 0 saturated heterocycles. The first kappa shape index (κ1) is 13.5. The Labute approximate surface area is 111 Å². The van der Waals surface area contributed by atoms with Gasteiger partial charge in [0.05, 0.1) is 18.0 Å². The van der Waals surface area contributed by atoms with Crippen molar-refractivity contribution in [3.8, 4) is 0 Å². The average Bonchev–Trinajstić information content (AvgIpc) is 2.46. The van der Waals surface area contributed by atoms with Crippen LogP contribution in [0, 0.1) is 16.0 Å². The van der Waals surface area contributed by atoms with Gasteiger partial charge in [-0.15, -0.1) is 0 Å². The molecule has 0 N–H and O–H groups in total. The van der Waals surface area contributed by atoms with Crippen LogP contribution < -0.4 is 0 Å². The number of nitro benzene ring substituents is 1. The summed E-state index contributed by atoms with van der Waals surface area (Å²) in [4.78, 5) is 22.0. The molecule has 5 heteroatoms. The lowest BCUT2D eigenvalue weighted by Crippen LogP contribution is -2.26. The van der Waals surface area contributed by atoms with Crippen LogP contribution in [0.5, 0.6) is 0 Å². The lowest BCUT2D eigenvalue weighted by Gasteiger charge is -2.29. The predicted octanol–water partition coefficient (Wildman–Crippen LogP) is 3.04. The first-order valence-corrected chi connectivity index (χ1v) is 6.45. The van der Waals surface area contributed by atoms with E-state index in [0.29, 0.717) is 0 Å². The van der Waals surface area contributed by atoms with Gasteiger partial charge in [0.2, 0.25) is 0 Å². The van der Waals surface area contributed by atoms with Gasteiger partial charge >= 0.3 is 5.97 Å². The molecule has 1 fully saturated rings. The van der Waals surface area contributed by atoms with Crippen molar-refractivity contribution in [2.24, 2.45) is 5.92 Å². The van der Waals surface area contributed by atoms with Crippen molar-refractivity contribution >= 4 is 11.7 Å². The normalized spacial score (nSPS) is 22.8. The summed E-state index contributed by atoms with van der Waals surface area (Å²) in [5.41, 5.74) is 1.06. The second kappa shape index (κ2) is 5.82. The zero-order chi connectivity index (χ0) is 13.8. The van der Waals surface area contributed by atoms with E-state index in [2.05, 4.69) is 0 Å². The highest BCUT2D eigenvalue weighted by atomic mass is 16.6. The van der Waals surface area contributed by atoms with Crippen molar-refractivity contribution in [2.45, 2.75) is 31.6 Å². The molecule has 1 aliphatic rings. The quantitative estimate of drug-likeness (QED) is 0.477. The second-order valence-corrected chi connectivity index (χ2v) is 4.87. The summed E-state index contributed by atoms with van der Waals surface area (Å²) < 4.78 is 4.86. The highest BCUT2D eigenvalue weighted by molar-refractivity contribution is 5.73. The number of carbonyl (C=O) groups is 1. The maximum atomic E-state index is 11.8. The summed E-state index contributed by atoms with van der Waals surface area (Å²) in [6, 6.07) is 6.50. The van der Waals surface area contributed by atoms with Crippen LogP contribution >= 0.6 is 0 Å². The molecule has 102 valence electrons. The molecule has 5 nitrogen and oxygen atoms in total. The molecule has 0 aliphatic heterocycles. The Morgan fingerprint density at radius 3 is 2.47 bits per heavy atom. The molecule has 0 heterocycles. The van der Waals surface area contributed by atoms with E-state index in [1.807, 2.05) is 0 Å². The fraction of sp³-hybridized carbons (Fsp3) is 0.500. The molecular weight excluding hydrogens is 246 g/mol. The highest BCUT2D eigenvalue weighted by Gasteiger charge is 2.32. The molecule has 1 aliphatic carbocycles. The number of rotatable bonds is 3. The van der Waals surface area contributed by atoms with Crippen molar-refractivity contribution in [3.63, 3.8) is 0 Å². The average molecular weight is 263 g/mol. The summed E-state index contributed by atoms with van der Waals surface area (Å²) >= 11 is 0. The first-order chi connectivity index (χ1) is 9.13. The summed E-state index contributed by atoms with van der Waals surface area (Å²) in [7, 11) is 1.41. The van der Waals surface area contributed by atoms with Gasteiger partial charge in [0, 0.05) is 12.1 Å². The molecule has 0 amide bonds. The minimum absolute atomic E-state index is 0.0779. The highest BCUT2D eigenvalue weighted by Crippen LogP contribution is 2.38. The van der Waals surface area contributed by atoms with Crippen LogP contribution in [0.4, 0.5) is 5.69 Å². The first-order valence-electron chi connectivity index (χ1n) is 6.45. The number of nitrogens with zero attached hydrogens (tertiary/aromatic N) is 1. The standard InChI is InChI=1S/C14H17NO4/c1-19-14(16)13-5-3-2-4-12(13)10-6-8-11(9-7-10)15(17)18/h6-9,12-13H,2-5H2,1H3. The van der Waals surface area contributed by atoms with Gasteiger partial charge in [-0.05, 0) is 24.3 Å². The van der Waals surface area contributed by atoms with E-state index >= 15 is 0 Å². The third-order valence-electron chi connectivity index (χ3n) is 3.80. The maximum absolute atomic E-state index is 11.8. The maximum Gasteiger partial charge on any atom is 0.309 e. The van der Waals surface area contributed by atoms with E-state index in [1.54, 1.807) is 12.1 Å². The van der Waals surface area contributed by atoms with Crippen molar-refractivity contribution in [3.05, 3.63) is 39.9 Å². The van der Waals surface area contributed by atoms with Gasteiger partial charge in [0.15, 0.2) is 0 Å². The smallest absolute Gasteiger partial charge is 0.309 e. The molecule has 1 aromatic rings. The zero-order valence-corrected chi connectivity index (χ0v) is 10.9. The monoisotopic (exact) mass is 263 g/mol.